The summed E-state index contributed by atoms with van der Waals surface area (Å²) in [7, 11) is 2.16. The largest absolute Gasteiger partial charge is 0.400 e. The molecule has 0 saturated carbocycles. The molecule has 0 saturated heterocycles. The van der Waals surface area contributed by atoms with Crippen molar-refractivity contribution in [2.45, 2.75) is 39.7 Å². The molecule has 0 aliphatic rings. The van der Waals surface area contributed by atoms with E-state index >= 15 is 0 Å². The fraction of sp³-hybridized carbons (Fsp3) is 1.00. The summed E-state index contributed by atoms with van der Waals surface area (Å²) < 4.78 is 10.6. The first-order valence-corrected chi connectivity index (χ1v) is 6.43. The zero-order chi connectivity index (χ0) is 9.61. The van der Waals surface area contributed by atoms with E-state index in [0.29, 0.717) is 5.41 Å². The molecule has 0 aliphatic heterocycles. The molecular weight excluding hydrogens is 168 g/mol. The van der Waals surface area contributed by atoms with Gasteiger partial charge in [0.05, 0.1) is 0 Å². The molecule has 0 amide bonds. The van der Waals surface area contributed by atoms with Gasteiger partial charge in [-0.1, -0.05) is 33.6 Å². The Labute approximate surface area is 78.1 Å². The third kappa shape index (κ3) is 3.69. The predicted octanol–water partition coefficient (Wildman–Crippen LogP) is 2.33. The Kier molecular flexibility index (Phi) is 5.79. The molecule has 12 heavy (non-hydrogen) atoms. The topological polar surface area (TPSA) is 18.5 Å². The van der Waals surface area contributed by atoms with Gasteiger partial charge in [0.2, 0.25) is 0 Å². The van der Waals surface area contributed by atoms with E-state index in [2.05, 4.69) is 20.8 Å². The zero-order valence-electron chi connectivity index (χ0n) is 9.02. The van der Waals surface area contributed by atoms with Gasteiger partial charge in [-0.3, -0.25) is 0 Å². The van der Waals surface area contributed by atoms with Crippen molar-refractivity contribution >= 4 is 9.28 Å². The third-order valence-electron chi connectivity index (χ3n) is 2.89. The second-order valence-corrected chi connectivity index (χ2v) is 5.83. The van der Waals surface area contributed by atoms with Crippen LogP contribution in [0.25, 0.3) is 0 Å². The fourth-order valence-corrected chi connectivity index (χ4v) is 3.11. The van der Waals surface area contributed by atoms with Gasteiger partial charge in [0.15, 0.2) is 0 Å². The molecule has 0 aliphatic carbocycles. The molecule has 0 bridgehead atoms. The zero-order valence-corrected chi connectivity index (χ0v) is 10.2. The summed E-state index contributed by atoms with van der Waals surface area (Å²) in [5, 5.41) is 0. The number of hydrogen-bond donors (Lipinski definition) is 0. The van der Waals surface area contributed by atoms with E-state index in [-0.39, 0.29) is 0 Å². The first kappa shape index (κ1) is 12.1. The predicted molar refractivity (Wildman–Crippen MR) is 54.7 cm³/mol. The molecule has 74 valence electrons. The first-order chi connectivity index (χ1) is 5.61. The standard InChI is InChI=1S/C9H22O2Si/c1-6-9(3,7-2)8-12(10-4)11-5/h12H,6-8H2,1-5H3. The van der Waals surface area contributed by atoms with Gasteiger partial charge in [0.25, 0.3) is 0 Å². The van der Waals surface area contributed by atoms with Gasteiger partial charge in [-0.05, 0) is 11.5 Å². The van der Waals surface area contributed by atoms with E-state index in [4.69, 9.17) is 8.85 Å². The van der Waals surface area contributed by atoms with Crippen LogP contribution in [0.5, 0.6) is 0 Å². The lowest BCUT2D eigenvalue weighted by molar-refractivity contribution is 0.239. The van der Waals surface area contributed by atoms with Crippen molar-refractivity contribution < 1.29 is 8.85 Å². The van der Waals surface area contributed by atoms with Gasteiger partial charge in [-0.2, -0.15) is 0 Å². The van der Waals surface area contributed by atoms with Crippen LogP contribution in [0.3, 0.4) is 0 Å². The molecule has 2 nitrogen and oxygen atoms in total. The summed E-state index contributed by atoms with van der Waals surface area (Å²) in [6.45, 7) is 6.78. The minimum atomic E-state index is -1.35. The van der Waals surface area contributed by atoms with Gasteiger partial charge in [-0.15, -0.1) is 0 Å². The molecule has 0 N–H and O–H groups in total. The minimum Gasteiger partial charge on any atom is -0.400 e. The monoisotopic (exact) mass is 190 g/mol. The smallest absolute Gasteiger partial charge is 0.321 e. The highest BCUT2D eigenvalue weighted by atomic mass is 28.3. The molecule has 0 aromatic rings. The molecule has 0 atom stereocenters. The van der Waals surface area contributed by atoms with Crippen LogP contribution in [-0.4, -0.2) is 23.5 Å². The maximum atomic E-state index is 5.32. The van der Waals surface area contributed by atoms with E-state index in [1.54, 1.807) is 14.2 Å². The molecule has 0 aromatic carbocycles. The Morgan fingerprint density at radius 2 is 1.50 bits per heavy atom. The Bertz CT molecular complexity index is 109. The molecule has 0 unspecified atom stereocenters. The van der Waals surface area contributed by atoms with Gasteiger partial charge in [0.1, 0.15) is 0 Å². The summed E-state index contributed by atoms with van der Waals surface area (Å²) in [5.41, 5.74) is 0.420. The average molecular weight is 190 g/mol. The van der Waals surface area contributed by atoms with Crippen LogP contribution in [0.2, 0.25) is 6.04 Å². The minimum absolute atomic E-state index is 0.420. The Morgan fingerprint density at radius 3 is 1.75 bits per heavy atom. The molecule has 3 heteroatoms. The van der Waals surface area contributed by atoms with Crippen molar-refractivity contribution in [3.8, 4) is 0 Å². The van der Waals surface area contributed by atoms with Gasteiger partial charge in [-0.25, -0.2) is 0 Å². The molecule has 0 fully saturated rings. The van der Waals surface area contributed by atoms with E-state index < -0.39 is 9.28 Å². The van der Waals surface area contributed by atoms with Gasteiger partial charge in [0, 0.05) is 14.2 Å². The molecule has 0 aromatic heterocycles. The Hall–Kier alpha value is 0.137. The average Bonchev–Trinajstić information content (AvgIpc) is 2.14. The fourth-order valence-electron chi connectivity index (χ4n) is 1.20. The summed E-state index contributed by atoms with van der Waals surface area (Å²) in [6.07, 6.45) is 2.42. The lowest BCUT2D eigenvalue weighted by Gasteiger charge is -2.28. The van der Waals surface area contributed by atoms with Gasteiger partial charge >= 0.3 is 9.28 Å². The summed E-state index contributed by atoms with van der Waals surface area (Å²) in [5.74, 6) is 0. The Morgan fingerprint density at radius 1 is 1.08 bits per heavy atom. The van der Waals surface area contributed by atoms with E-state index in [0.717, 1.165) is 6.04 Å². The van der Waals surface area contributed by atoms with E-state index in [1.165, 1.54) is 12.8 Å². The normalized spacial score (nSPS) is 12.5. The summed E-state index contributed by atoms with van der Waals surface area (Å²) in [6, 6.07) is 1.12. The van der Waals surface area contributed by atoms with E-state index in [1.807, 2.05) is 0 Å². The first-order valence-electron chi connectivity index (χ1n) is 4.67. The lowest BCUT2D eigenvalue weighted by Crippen LogP contribution is -2.28. The van der Waals surface area contributed by atoms with Crippen LogP contribution in [0.1, 0.15) is 33.6 Å². The van der Waals surface area contributed by atoms with Crippen LogP contribution in [0.4, 0.5) is 0 Å². The number of rotatable bonds is 6. The lowest BCUT2D eigenvalue weighted by atomic mass is 9.87. The molecule has 0 spiro atoms. The van der Waals surface area contributed by atoms with Gasteiger partial charge < -0.3 is 8.85 Å². The molecule has 0 radical (unpaired) electrons. The summed E-state index contributed by atoms with van der Waals surface area (Å²) >= 11 is 0. The Balaban J connectivity index is 3.99. The molecule has 0 rings (SSSR count). The quantitative estimate of drug-likeness (QED) is 0.599. The van der Waals surface area contributed by atoms with Crippen LogP contribution in [0.15, 0.2) is 0 Å². The SMILES string of the molecule is CCC(C)(CC)C[SiH](OC)OC. The van der Waals surface area contributed by atoms with Crippen molar-refractivity contribution in [2.24, 2.45) is 5.41 Å². The van der Waals surface area contributed by atoms with Crippen LogP contribution in [-0.2, 0) is 8.85 Å². The van der Waals surface area contributed by atoms with Crippen molar-refractivity contribution in [3.05, 3.63) is 0 Å². The molecular formula is C9H22O2Si. The highest BCUT2D eigenvalue weighted by Crippen LogP contribution is 2.31. The highest BCUT2D eigenvalue weighted by molar-refractivity contribution is 6.44. The summed E-state index contributed by atoms with van der Waals surface area (Å²) in [4.78, 5) is 0. The van der Waals surface area contributed by atoms with Crippen molar-refractivity contribution in [1.82, 2.24) is 0 Å². The maximum absolute atomic E-state index is 5.32. The molecule has 0 heterocycles. The second-order valence-electron chi connectivity index (χ2n) is 3.62. The van der Waals surface area contributed by atoms with Crippen molar-refractivity contribution in [1.29, 1.82) is 0 Å². The van der Waals surface area contributed by atoms with Crippen molar-refractivity contribution in [2.75, 3.05) is 14.2 Å². The van der Waals surface area contributed by atoms with Crippen LogP contribution >= 0.6 is 0 Å². The third-order valence-corrected chi connectivity index (χ3v) is 5.26. The van der Waals surface area contributed by atoms with Crippen LogP contribution < -0.4 is 0 Å². The van der Waals surface area contributed by atoms with Crippen molar-refractivity contribution in [3.63, 3.8) is 0 Å². The highest BCUT2D eigenvalue weighted by Gasteiger charge is 2.26. The maximum Gasteiger partial charge on any atom is 0.321 e. The van der Waals surface area contributed by atoms with Crippen LogP contribution in [0, 0.1) is 5.41 Å². The number of hydrogen-bond acceptors (Lipinski definition) is 2. The second kappa shape index (κ2) is 5.73. The van der Waals surface area contributed by atoms with E-state index in [9.17, 15) is 0 Å².